The van der Waals surface area contributed by atoms with Crippen molar-refractivity contribution in [3.8, 4) is 40.1 Å². The van der Waals surface area contributed by atoms with Crippen LogP contribution in [0.5, 0.6) is 0 Å². The zero-order valence-corrected chi connectivity index (χ0v) is 28.3. The highest BCUT2D eigenvalue weighted by atomic mass is 15.2. The molecule has 0 aliphatic heterocycles. The van der Waals surface area contributed by atoms with Crippen LogP contribution in [0.15, 0.2) is 182 Å². The normalized spacial score (nSPS) is 18.5. The molecule has 266 valence electrons. The lowest BCUT2D eigenvalue weighted by Crippen LogP contribution is -2.10. The van der Waals surface area contributed by atoms with Gasteiger partial charge in [-0.1, -0.05) is 109 Å². The van der Waals surface area contributed by atoms with E-state index in [9.17, 15) is 11.0 Å². The molecule has 6 heterocycles. The van der Waals surface area contributed by atoms with Crippen molar-refractivity contribution in [3.63, 3.8) is 0 Å². The van der Waals surface area contributed by atoms with Crippen LogP contribution in [0.1, 0.15) is 37.0 Å². The molecule has 57 heavy (non-hydrogen) atoms. The van der Waals surface area contributed by atoms with Gasteiger partial charge in [0.25, 0.3) is 0 Å². The van der Waals surface area contributed by atoms with Crippen molar-refractivity contribution in [2.45, 2.75) is 0 Å². The van der Waals surface area contributed by atoms with Crippen LogP contribution in [0.4, 0.5) is 0 Å². The Bertz CT molecular complexity index is 5020. The first-order valence-corrected chi connectivity index (χ1v) is 16.7. The van der Waals surface area contributed by atoms with E-state index in [0.29, 0.717) is 0 Å². The SMILES string of the molecule is [2H]c1nc([2H])c2c3c([2H])c([2H])c([2H])c([2H])c3n(-c3cccc(-c4nc(-c5c([2H])c([2H])c([2H])c([2H])c5[2H])nc(-n5c6c([2H])c([2H])c([2H])c([2H])c6c6c([2H])c([2H])c([2H])c([2H])c65)n4)c3-n3c4c([2H])c([2H])nc([2H])c4c4c([2H])c([2H])c([2H])c([2H])c43)c2c1[2H]. The zero-order chi connectivity index (χ0) is 60.9. The summed E-state index contributed by atoms with van der Waals surface area (Å²) in [4.78, 5) is 21.8. The van der Waals surface area contributed by atoms with Crippen molar-refractivity contribution < 1.29 is 37.0 Å². The van der Waals surface area contributed by atoms with Gasteiger partial charge >= 0.3 is 0 Å². The van der Waals surface area contributed by atoms with Gasteiger partial charge in [-0.25, -0.2) is 4.98 Å². The molecule has 0 saturated carbocycles. The van der Waals surface area contributed by atoms with E-state index < -0.39 is 269 Å². The van der Waals surface area contributed by atoms with Gasteiger partial charge in [0.2, 0.25) is 5.95 Å². The Kier molecular flexibility index (Phi) is 3.22. The van der Waals surface area contributed by atoms with Crippen LogP contribution in [0.25, 0.3) is 106 Å². The second kappa shape index (κ2) is 12.3. The fourth-order valence-electron chi connectivity index (χ4n) is 7.05. The Hall–Kier alpha value is -7.97. The first-order chi connectivity index (χ1) is 39.5. The summed E-state index contributed by atoms with van der Waals surface area (Å²) in [6, 6.07) is -15.6. The summed E-state index contributed by atoms with van der Waals surface area (Å²) in [7, 11) is 0. The number of pyridine rings is 2. The van der Waals surface area contributed by atoms with Gasteiger partial charge in [0.1, 0.15) is 0 Å². The molecule has 8 heteroatoms. The van der Waals surface area contributed by atoms with Crippen molar-refractivity contribution in [2.75, 3.05) is 0 Å². The Morgan fingerprint density at radius 1 is 0.404 bits per heavy atom. The van der Waals surface area contributed by atoms with Crippen LogP contribution >= 0.6 is 0 Å². The molecular formula is C49H30N8. The topological polar surface area (TPSA) is 79.2 Å². The van der Waals surface area contributed by atoms with Crippen LogP contribution in [-0.2, 0) is 0 Å². The fourth-order valence-corrected chi connectivity index (χ4v) is 7.05. The van der Waals surface area contributed by atoms with Crippen molar-refractivity contribution in [1.82, 2.24) is 38.6 Å². The number of para-hydroxylation sites is 5. The van der Waals surface area contributed by atoms with E-state index in [1.54, 1.807) is 0 Å². The summed E-state index contributed by atoms with van der Waals surface area (Å²) in [5, 5.41) is -2.63. The van der Waals surface area contributed by atoms with Gasteiger partial charge in [0.05, 0.1) is 81.5 Å². The average Bonchev–Trinajstić information content (AvgIpc) is 1.96. The first-order valence-electron chi connectivity index (χ1n) is 30.2. The largest absolute Gasteiger partial charge is 0.307 e. The van der Waals surface area contributed by atoms with Crippen molar-refractivity contribution >= 4 is 65.4 Å². The number of rotatable bonds is 5. The molecule has 12 rings (SSSR count). The second-order valence-electron chi connectivity index (χ2n) is 12.2. The molecule has 0 radical (unpaired) electrons. The summed E-state index contributed by atoms with van der Waals surface area (Å²) >= 11 is 0. The van der Waals surface area contributed by atoms with Crippen molar-refractivity contribution in [3.05, 3.63) is 182 Å². The van der Waals surface area contributed by atoms with Crippen LogP contribution < -0.4 is 0 Å². The van der Waals surface area contributed by atoms with E-state index in [0.717, 1.165) is 13.7 Å². The molecule has 0 fully saturated rings. The smallest absolute Gasteiger partial charge is 0.238 e. The van der Waals surface area contributed by atoms with Gasteiger partial charge in [-0.15, -0.1) is 0 Å². The Morgan fingerprint density at radius 2 is 0.877 bits per heavy atom. The third kappa shape index (κ3) is 4.64. The van der Waals surface area contributed by atoms with Gasteiger partial charge in [-0.05, 0) is 48.4 Å². The Morgan fingerprint density at radius 3 is 1.49 bits per heavy atom. The molecule has 0 N–H and O–H groups in total. The van der Waals surface area contributed by atoms with E-state index >= 15 is 0 Å². The first kappa shape index (κ1) is 14.9. The second-order valence-corrected chi connectivity index (χ2v) is 12.2. The molecule has 0 aliphatic rings. The van der Waals surface area contributed by atoms with Crippen LogP contribution in [0, 0.1) is 0 Å². The molecule has 6 aromatic carbocycles. The maximum absolute atomic E-state index is 9.55. The third-order valence-corrected chi connectivity index (χ3v) is 9.30. The molecule has 12 aromatic rings. The average molecular weight is 758 g/mol. The Balaban J connectivity index is 1.40. The Labute approximate surface area is 363 Å². The van der Waals surface area contributed by atoms with Crippen molar-refractivity contribution in [2.24, 2.45) is 0 Å². The highest BCUT2D eigenvalue weighted by Crippen LogP contribution is 2.42. The van der Waals surface area contributed by atoms with E-state index in [1.165, 1.54) is 18.2 Å². The van der Waals surface area contributed by atoms with Crippen LogP contribution in [-0.4, -0.2) is 38.6 Å². The molecular weight excluding hydrogens is 701 g/mol. The van der Waals surface area contributed by atoms with E-state index in [4.69, 9.17) is 31.0 Å². The van der Waals surface area contributed by atoms with Crippen molar-refractivity contribution in [1.29, 1.82) is 0 Å². The molecule has 0 bridgehead atoms. The van der Waals surface area contributed by atoms with Gasteiger partial charge in [0.15, 0.2) is 11.6 Å². The minimum absolute atomic E-state index is 0.392. The lowest BCUT2D eigenvalue weighted by molar-refractivity contribution is 0.950. The predicted molar refractivity (Wildman–Crippen MR) is 229 cm³/mol. The summed E-state index contributed by atoms with van der Waals surface area (Å²) in [6.07, 6.45) is -3.23. The van der Waals surface area contributed by atoms with E-state index in [2.05, 4.69) is 19.9 Å². The quantitative estimate of drug-likeness (QED) is 0.175. The lowest BCUT2D eigenvalue weighted by atomic mass is 10.1. The molecule has 0 atom stereocenters. The van der Waals surface area contributed by atoms with E-state index in [1.807, 2.05) is 0 Å². The minimum Gasteiger partial charge on any atom is -0.307 e. The summed E-state index contributed by atoms with van der Waals surface area (Å²) in [5.74, 6) is -2.38. The minimum atomic E-state index is -0.923. The maximum Gasteiger partial charge on any atom is 0.238 e. The molecule has 8 nitrogen and oxygen atoms in total. The fraction of sp³-hybridized carbons (Fsp3) is 0. The van der Waals surface area contributed by atoms with Gasteiger partial charge in [-0.2, -0.15) is 9.97 Å². The van der Waals surface area contributed by atoms with Gasteiger partial charge in [0, 0.05) is 68.1 Å². The van der Waals surface area contributed by atoms with Crippen LogP contribution in [0.3, 0.4) is 0 Å². The number of fused-ring (bicyclic) bond motifs is 9. The third-order valence-electron chi connectivity index (χ3n) is 9.30. The number of nitrogens with zero attached hydrogens (tertiary/aromatic N) is 8. The zero-order valence-electron chi connectivity index (χ0n) is 55.3. The standard InChI is InChI=1S/C49H30N8/c1-2-13-31(14-3-1)47-52-48(54-49(53-47)57-41-22-10-4-15-32(41)33-16-5-11-23-42(33)57)36-19-12-24-45(55-39-20-8-6-17-34(39)37-29-50-27-25-43(37)55)46(36)56-40-21-9-7-18-35(40)38-30-51-28-26-44(38)56/h1-30H/i1D,2D,3D,4D,5D,6D,7D,8D,9D,10D,11D,13D,14D,15D,16D,17D,18D,20D,21D,22D,23D,25D,26D,27D,28D,29D,30D. The molecule has 0 aliphatic carbocycles. The monoisotopic (exact) mass is 757 g/mol. The maximum atomic E-state index is 9.55. The highest BCUT2D eigenvalue weighted by molar-refractivity contribution is 6.12. The summed E-state index contributed by atoms with van der Waals surface area (Å²) in [5.41, 5.74) is -5.31. The predicted octanol–water partition coefficient (Wildman–Crippen LogP) is 11.3. The number of hydrogen-bond donors (Lipinski definition) is 0. The number of hydrogen-bond acceptors (Lipinski definition) is 5. The number of aromatic nitrogens is 8. The van der Waals surface area contributed by atoms with Crippen LogP contribution in [0.2, 0.25) is 0 Å². The highest BCUT2D eigenvalue weighted by Gasteiger charge is 2.25. The lowest BCUT2D eigenvalue weighted by Gasteiger charge is -2.20. The molecule has 0 saturated heterocycles. The summed E-state index contributed by atoms with van der Waals surface area (Å²) in [6.45, 7) is 0. The summed E-state index contributed by atoms with van der Waals surface area (Å²) < 4.78 is 246. The molecule has 0 unspecified atom stereocenters. The van der Waals surface area contributed by atoms with Gasteiger partial charge < -0.3 is 9.13 Å². The molecule has 6 aromatic heterocycles. The molecule has 0 spiro atoms. The molecule has 0 amide bonds. The number of benzene rings is 6. The van der Waals surface area contributed by atoms with E-state index in [-0.39, 0.29) is 0 Å². The van der Waals surface area contributed by atoms with Gasteiger partial charge in [-0.3, -0.25) is 14.5 Å².